The Morgan fingerprint density at radius 3 is 1.47 bits per heavy atom. The Hall–Kier alpha value is -6.89. The molecule has 250 valence electrons. The molecule has 0 fully saturated rings. The molecule has 7 aromatic carbocycles. The second-order valence-corrected chi connectivity index (χ2v) is 14.1. The number of nitrogens with zero attached hydrogens (tertiary/aromatic N) is 3. The van der Waals surface area contributed by atoms with Gasteiger partial charge in [-0.25, -0.2) is 14.8 Å². The average molecular weight is 678 g/mol. The van der Waals surface area contributed by atoms with E-state index in [2.05, 4.69) is 158 Å². The lowest BCUT2D eigenvalue weighted by molar-refractivity contribution is 0.661. The van der Waals surface area contributed by atoms with E-state index < -0.39 is 0 Å². The van der Waals surface area contributed by atoms with Crippen LogP contribution in [-0.2, 0) is 5.41 Å². The van der Waals surface area contributed by atoms with Gasteiger partial charge in [0.15, 0.2) is 11.5 Å². The van der Waals surface area contributed by atoms with Gasteiger partial charge in [0, 0.05) is 22.1 Å². The van der Waals surface area contributed by atoms with E-state index in [9.17, 15) is 0 Å². The smallest absolute Gasteiger partial charge is 0.195 e. The largest absolute Gasteiger partial charge is 0.238 e. The van der Waals surface area contributed by atoms with Gasteiger partial charge in [-0.05, 0) is 79.9 Å². The summed E-state index contributed by atoms with van der Waals surface area (Å²) in [5, 5.41) is 0. The third kappa shape index (κ3) is 5.81. The van der Waals surface area contributed by atoms with Crippen molar-refractivity contribution < 1.29 is 0 Å². The van der Waals surface area contributed by atoms with Crippen LogP contribution in [0.25, 0.3) is 83.3 Å². The van der Waals surface area contributed by atoms with Gasteiger partial charge in [-0.3, -0.25) is 0 Å². The van der Waals surface area contributed by atoms with Crippen molar-refractivity contribution in [2.24, 2.45) is 0 Å². The third-order valence-corrected chi connectivity index (χ3v) is 10.5. The predicted molar refractivity (Wildman–Crippen MR) is 218 cm³/mol. The lowest BCUT2D eigenvalue weighted by atomic mass is 9.81. The molecule has 8 aromatic rings. The van der Waals surface area contributed by atoms with Crippen molar-refractivity contribution in [1.82, 2.24) is 9.97 Å². The van der Waals surface area contributed by atoms with Crippen molar-refractivity contribution in [3.05, 3.63) is 198 Å². The zero-order chi connectivity index (χ0) is 35.9. The molecule has 0 saturated carbocycles. The van der Waals surface area contributed by atoms with Crippen molar-refractivity contribution in [1.29, 1.82) is 0 Å². The van der Waals surface area contributed by atoms with Crippen molar-refractivity contribution >= 4 is 5.69 Å². The molecule has 0 N–H and O–H groups in total. The minimum atomic E-state index is -0.173. The fourth-order valence-corrected chi connectivity index (χ4v) is 7.70. The Labute approximate surface area is 310 Å². The summed E-state index contributed by atoms with van der Waals surface area (Å²) in [6, 6.07) is 61.6. The third-order valence-electron chi connectivity index (χ3n) is 10.5. The molecule has 9 rings (SSSR count). The highest BCUT2D eigenvalue weighted by molar-refractivity contribution is 5.91. The van der Waals surface area contributed by atoms with Crippen LogP contribution in [0.4, 0.5) is 5.69 Å². The summed E-state index contributed by atoms with van der Waals surface area (Å²) < 4.78 is 0. The van der Waals surface area contributed by atoms with E-state index in [-0.39, 0.29) is 5.41 Å². The van der Waals surface area contributed by atoms with Crippen LogP contribution in [0.15, 0.2) is 176 Å². The molecule has 3 heteroatoms. The number of hydrogen-bond acceptors (Lipinski definition) is 2. The molecule has 1 aliphatic carbocycles. The summed E-state index contributed by atoms with van der Waals surface area (Å²) in [4.78, 5) is 14.0. The first-order valence-electron chi connectivity index (χ1n) is 17.9. The highest BCUT2D eigenvalue weighted by Gasteiger charge is 2.36. The van der Waals surface area contributed by atoms with Gasteiger partial charge in [-0.1, -0.05) is 166 Å². The summed E-state index contributed by atoms with van der Waals surface area (Å²) in [5.74, 6) is 0.698. The van der Waals surface area contributed by atoms with E-state index in [1.54, 1.807) is 0 Å². The maximum atomic E-state index is 7.76. The lowest BCUT2D eigenvalue weighted by Crippen LogP contribution is -2.14. The minimum absolute atomic E-state index is 0.173. The topological polar surface area (TPSA) is 30.1 Å². The molecule has 1 aromatic heterocycles. The first-order chi connectivity index (χ1) is 26.0. The molecule has 0 unspecified atom stereocenters. The van der Waals surface area contributed by atoms with Gasteiger partial charge in [-0.2, -0.15) is 0 Å². The summed E-state index contributed by atoms with van der Waals surface area (Å²) >= 11 is 0. The van der Waals surface area contributed by atoms with Crippen LogP contribution in [0.3, 0.4) is 0 Å². The van der Waals surface area contributed by atoms with E-state index in [0.717, 1.165) is 61.6 Å². The van der Waals surface area contributed by atoms with Crippen LogP contribution >= 0.6 is 0 Å². The average Bonchev–Trinajstić information content (AvgIpc) is 3.47. The molecular formula is C50H35N3. The molecule has 0 saturated heterocycles. The van der Waals surface area contributed by atoms with Crippen LogP contribution < -0.4 is 0 Å². The molecule has 0 spiro atoms. The number of fused-ring (bicyclic) bond motifs is 3. The highest BCUT2D eigenvalue weighted by atomic mass is 14.9. The molecule has 0 radical (unpaired) electrons. The normalized spacial score (nSPS) is 12.5. The molecule has 0 aliphatic heterocycles. The van der Waals surface area contributed by atoms with Crippen LogP contribution in [0.1, 0.15) is 25.0 Å². The van der Waals surface area contributed by atoms with Gasteiger partial charge in [0.1, 0.15) is 0 Å². The monoisotopic (exact) mass is 677 g/mol. The van der Waals surface area contributed by atoms with Crippen LogP contribution in [0.2, 0.25) is 0 Å². The molecule has 3 nitrogen and oxygen atoms in total. The molecule has 0 bridgehead atoms. The fraction of sp³-hybridized carbons (Fsp3) is 0.0600. The van der Waals surface area contributed by atoms with Gasteiger partial charge in [-0.15, -0.1) is 0 Å². The second-order valence-electron chi connectivity index (χ2n) is 14.1. The van der Waals surface area contributed by atoms with E-state index >= 15 is 0 Å². The lowest BCUT2D eigenvalue weighted by Gasteiger charge is -2.22. The number of rotatable bonds is 6. The molecule has 1 aliphatic rings. The van der Waals surface area contributed by atoms with Gasteiger partial charge >= 0.3 is 0 Å². The van der Waals surface area contributed by atoms with Gasteiger partial charge in [0.05, 0.1) is 18.0 Å². The maximum absolute atomic E-state index is 7.76. The van der Waals surface area contributed by atoms with Gasteiger partial charge in [0.2, 0.25) is 0 Å². The first kappa shape index (κ1) is 32.0. The Morgan fingerprint density at radius 2 is 0.887 bits per heavy atom. The van der Waals surface area contributed by atoms with E-state index in [1.165, 1.54) is 27.8 Å². The van der Waals surface area contributed by atoms with E-state index in [0.29, 0.717) is 5.82 Å². The quantitative estimate of drug-likeness (QED) is 0.164. The van der Waals surface area contributed by atoms with Gasteiger partial charge < -0.3 is 0 Å². The Balaban J connectivity index is 1.06. The summed E-state index contributed by atoms with van der Waals surface area (Å²) in [5.41, 5.74) is 17.0. The molecular weight excluding hydrogens is 643 g/mol. The maximum Gasteiger partial charge on any atom is 0.195 e. The molecule has 0 amide bonds. The number of benzene rings is 7. The summed E-state index contributed by atoms with van der Waals surface area (Å²) in [6.45, 7) is 12.3. The SMILES string of the molecule is [C-]#[N+]c1cccc2c1-c1ccc(-c3ccc(-c4cccc(-c5cc(-c6cccc(-c7ccccc7)c6)nc(-c6ccccc6)n5)c4)cc3)cc1C2(C)C. The van der Waals surface area contributed by atoms with Crippen LogP contribution in [0, 0.1) is 6.57 Å². The van der Waals surface area contributed by atoms with Crippen LogP contribution in [-0.4, -0.2) is 9.97 Å². The highest BCUT2D eigenvalue weighted by Crippen LogP contribution is 2.53. The summed E-state index contributed by atoms with van der Waals surface area (Å²) in [7, 11) is 0. The van der Waals surface area contributed by atoms with Crippen molar-refractivity contribution in [2.75, 3.05) is 0 Å². The van der Waals surface area contributed by atoms with Gasteiger partial charge in [0.25, 0.3) is 0 Å². The molecule has 0 atom stereocenters. The number of aromatic nitrogens is 2. The van der Waals surface area contributed by atoms with Crippen molar-refractivity contribution in [2.45, 2.75) is 19.3 Å². The predicted octanol–water partition coefficient (Wildman–Crippen LogP) is 13.3. The Morgan fingerprint density at radius 1 is 0.415 bits per heavy atom. The zero-order valence-electron chi connectivity index (χ0n) is 29.6. The Kier molecular flexibility index (Phi) is 7.87. The summed E-state index contributed by atoms with van der Waals surface area (Å²) in [6.07, 6.45) is 0. The fourth-order valence-electron chi connectivity index (χ4n) is 7.70. The van der Waals surface area contributed by atoms with Crippen molar-refractivity contribution in [3.63, 3.8) is 0 Å². The van der Waals surface area contributed by atoms with E-state index in [1.807, 2.05) is 36.4 Å². The Bertz CT molecular complexity index is 2690. The zero-order valence-corrected chi connectivity index (χ0v) is 29.6. The first-order valence-corrected chi connectivity index (χ1v) is 17.9. The molecule has 1 heterocycles. The minimum Gasteiger partial charge on any atom is -0.238 e. The molecule has 53 heavy (non-hydrogen) atoms. The van der Waals surface area contributed by atoms with E-state index in [4.69, 9.17) is 16.5 Å². The standard InChI is InChI=1S/C50H35N3/c1-50(2)43-21-12-22-45(51-3)48(43)42-28-27-39(31-44(42)50)35-25-23-34(24-26-35)38-18-11-20-41(30-38)47-32-46(52-49(53-47)36-15-8-5-9-16-36)40-19-10-17-37(29-40)33-13-6-4-7-14-33/h4-32H,1-2H3. The van der Waals surface area contributed by atoms with Crippen LogP contribution in [0.5, 0.6) is 0 Å². The van der Waals surface area contributed by atoms with Crippen molar-refractivity contribution in [3.8, 4) is 78.4 Å². The number of hydrogen-bond donors (Lipinski definition) is 0. The second kappa shape index (κ2) is 13.0.